The smallest absolute Gasteiger partial charge is 0.172 e. The first-order valence-electron chi connectivity index (χ1n) is 5.79. The minimum atomic E-state index is 0.0147. The van der Waals surface area contributed by atoms with Crippen molar-refractivity contribution in [2.45, 2.75) is 0 Å². The number of aromatic nitrogens is 3. The summed E-state index contributed by atoms with van der Waals surface area (Å²) in [5, 5.41) is 20.2. The molecule has 7 heteroatoms. The summed E-state index contributed by atoms with van der Waals surface area (Å²) in [5.41, 5.74) is 8.62. The highest BCUT2D eigenvalue weighted by atomic mass is 79.9. The van der Waals surface area contributed by atoms with E-state index in [0.717, 1.165) is 15.5 Å². The molecule has 0 unspecified atom stereocenters. The lowest BCUT2D eigenvalue weighted by Gasteiger charge is -2.09. The summed E-state index contributed by atoms with van der Waals surface area (Å²) >= 11 is 3.37. The molecule has 0 aliphatic rings. The topological polar surface area (TPSA) is 89.3 Å². The highest BCUT2D eigenvalue weighted by Crippen LogP contribution is 2.22. The van der Waals surface area contributed by atoms with Gasteiger partial charge in [0.2, 0.25) is 0 Å². The Labute approximate surface area is 122 Å². The molecule has 20 heavy (non-hydrogen) atoms. The molecular weight excluding hydrogens is 322 g/mol. The Bertz CT molecular complexity index is 811. The molecule has 0 bridgehead atoms. The maximum atomic E-state index is 8.92. The van der Waals surface area contributed by atoms with Gasteiger partial charge in [0.1, 0.15) is 5.52 Å². The number of benzene rings is 2. The van der Waals surface area contributed by atoms with Crippen molar-refractivity contribution in [1.29, 1.82) is 0 Å². The van der Waals surface area contributed by atoms with E-state index >= 15 is 0 Å². The minimum absolute atomic E-state index is 0.0147. The number of hydrogen-bond donors (Lipinski definition) is 2. The van der Waals surface area contributed by atoms with Crippen LogP contribution in [0, 0.1) is 0 Å². The van der Waals surface area contributed by atoms with Crippen molar-refractivity contribution in [3.63, 3.8) is 0 Å². The molecule has 6 nitrogen and oxygen atoms in total. The Hall–Kier alpha value is -2.41. The number of rotatable bonds is 2. The summed E-state index contributed by atoms with van der Waals surface area (Å²) in [7, 11) is 0. The molecule has 1 aromatic heterocycles. The van der Waals surface area contributed by atoms with Crippen molar-refractivity contribution in [3.8, 4) is 5.69 Å². The molecule has 0 atom stereocenters. The fourth-order valence-corrected chi connectivity index (χ4v) is 2.36. The van der Waals surface area contributed by atoms with Crippen LogP contribution in [0.25, 0.3) is 16.7 Å². The average molecular weight is 332 g/mol. The van der Waals surface area contributed by atoms with Gasteiger partial charge < -0.3 is 10.9 Å². The molecular formula is C13H10BrN5O. The van der Waals surface area contributed by atoms with Gasteiger partial charge in [0.15, 0.2) is 5.84 Å². The molecule has 3 aromatic rings. The van der Waals surface area contributed by atoms with Crippen LogP contribution in [0.15, 0.2) is 52.1 Å². The third-order valence-corrected chi connectivity index (χ3v) is 3.42. The monoisotopic (exact) mass is 331 g/mol. The highest BCUT2D eigenvalue weighted by Gasteiger charge is 2.13. The summed E-state index contributed by atoms with van der Waals surface area (Å²) in [6.07, 6.45) is 0. The van der Waals surface area contributed by atoms with Crippen LogP contribution in [-0.4, -0.2) is 26.0 Å². The highest BCUT2D eigenvalue weighted by molar-refractivity contribution is 9.10. The molecule has 3 N–H and O–H groups in total. The maximum absolute atomic E-state index is 8.92. The lowest BCUT2D eigenvalue weighted by atomic mass is 10.1. The van der Waals surface area contributed by atoms with Crippen LogP contribution in [0.2, 0.25) is 0 Å². The zero-order chi connectivity index (χ0) is 14.1. The number of amidine groups is 1. The Kier molecular flexibility index (Phi) is 3.11. The quantitative estimate of drug-likeness (QED) is 0.326. The Morgan fingerprint density at radius 1 is 1.25 bits per heavy atom. The van der Waals surface area contributed by atoms with Gasteiger partial charge in [0.25, 0.3) is 0 Å². The SMILES string of the molecule is N/C(=N/O)c1cc(Br)ccc1-n1nnc2ccccc21. The van der Waals surface area contributed by atoms with Crippen LogP contribution >= 0.6 is 15.9 Å². The van der Waals surface area contributed by atoms with Crippen LogP contribution < -0.4 is 5.73 Å². The molecule has 3 rings (SSSR count). The average Bonchev–Trinajstić information content (AvgIpc) is 2.90. The molecule has 0 spiro atoms. The maximum Gasteiger partial charge on any atom is 0.172 e. The fraction of sp³-hybridized carbons (Fsp3) is 0. The number of fused-ring (bicyclic) bond motifs is 1. The van der Waals surface area contributed by atoms with Crippen molar-refractivity contribution in [2.24, 2.45) is 10.9 Å². The van der Waals surface area contributed by atoms with Gasteiger partial charge in [0, 0.05) is 10.0 Å². The summed E-state index contributed by atoms with van der Waals surface area (Å²) in [4.78, 5) is 0. The summed E-state index contributed by atoms with van der Waals surface area (Å²) in [6.45, 7) is 0. The molecule has 0 amide bonds. The van der Waals surface area contributed by atoms with Crippen LogP contribution in [-0.2, 0) is 0 Å². The lowest BCUT2D eigenvalue weighted by molar-refractivity contribution is 0.318. The number of nitrogens with zero attached hydrogens (tertiary/aromatic N) is 4. The van der Waals surface area contributed by atoms with Crippen molar-refractivity contribution >= 4 is 32.8 Å². The van der Waals surface area contributed by atoms with E-state index in [4.69, 9.17) is 10.9 Å². The van der Waals surface area contributed by atoms with Gasteiger partial charge in [-0.25, -0.2) is 4.68 Å². The second-order valence-corrected chi connectivity index (χ2v) is 5.05. The normalized spacial score (nSPS) is 11.9. The first-order chi connectivity index (χ1) is 9.70. The summed E-state index contributed by atoms with van der Waals surface area (Å²) in [6, 6.07) is 13.0. The molecule has 0 fully saturated rings. The molecule has 0 aliphatic carbocycles. The molecule has 0 saturated heterocycles. The van der Waals surface area contributed by atoms with Gasteiger partial charge in [0.05, 0.1) is 11.2 Å². The summed E-state index contributed by atoms with van der Waals surface area (Å²) in [5.74, 6) is 0.0147. The number of halogens is 1. The van der Waals surface area contributed by atoms with Crippen LogP contribution in [0.4, 0.5) is 0 Å². The van der Waals surface area contributed by atoms with Gasteiger partial charge >= 0.3 is 0 Å². The van der Waals surface area contributed by atoms with Gasteiger partial charge in [-0.15, -0.1) is 5.10 Å². The molecule has 0 aliphatic heterocycles. The summed E-state index contributed by atoms with van der Waals surface area (Å²) < 4.78 is 2.49. The van der Waals surface area contributed by atoms with Gasteiger partial charge in [-0.05, 0) is 30.3 Å². The first kappa shape index (κ1) is 12.6. The molecule has 100 valence electrons. The number of oxime groups is 1. The third kappa shape index (κ3) is 2.01. The van der Waals surface area contributed by atoms with Crippen LogP contribution in [0.5, 0.6) is 0 Å². The Balaban J connectivity index is 2.29. The van der Waals surface area contributed by atoms with E-state index in [1.165, 1.54) is 0 Å². The molecule has 1 heterocycles. The van der Waals surface area contributed by atoms with E-state index in [-0.39, 0.29) is 5.84 Å². The van der Waals surface area contributed by atoms with E-state index in [0.29, 0.717) is 11.3 Å². The van der Waals surface area contributed by atoms with Crippen molar-refractivity contribution in [3.05, 3.63) is 52.5 Å². The molecule has 2 aromatic carbocycles. The predicted molar refractivity (Wildman–Crippen MR) is 79.1 cm³/mol. The zero-order valence-electron chi connectivity index (χ0n) is 10.2. The zero-order valence-corrected chi connectivity index (χ0v) is 11.8. The second kappa shape index (κ2) is 4.93. The fourth-order valence-electron chi connectivity index (χ4n) is 2.00. The number of hydrogen-bond acceptors (Lipinski definition) is 4. The largest absolute Gasteiger partial charge is 0.409 e. The van der Waals surface area contributed by atoms with E-state index in [1.54, 1.807) is 10.7 Å². The lowest BCUT2D eigenvalue weighted by Crippen LogP contribution is -2.16. The number of para-hydroxylation sites is 1. The van der Waals surface area contributed by atoms with Gasteiger partial charge in [-0.1, -0.05) is 38.4 Å². The van der Waals surface area contributed by atoms with E-state index < -0.39 is 0 Å². The molecule has 0 saturated carbocycles. The van der Waals surface area contributed by atoms with Crippen molar-refractivity contribution < 1.29 is 5.21 Å². The van der Waals surface area contributed by atoms with Crippen LogP contribution in [0.1, 0.15) is 5.56 Å². The first-order valence-corrected chi connectivity index (χ1v) is 6.58. The standard InChI is InChI=1S/C13H10BrN5O/c14-8-5-6-11(9(7-8)13(15)17-20)19-12-4-2-1-3-10(12)16-18-19/h1-7,20H,(H2,15,17). The predicted octanol–water partition coefficient (Wildman–Crippen LogP) is 2.28. The number of nitrogens with two attached hydrogens (primary N) is 1. The van der Waals surface area contributed by atoms with Gasteiger partial charge in [-0.2, -0.15) is 0 Å². The van der Waals surface area contributed by atoms with Crippen molar-refractivity contribution in [1.82, 2.24) is 15.0 Å². The minimum Gasteiger partial charge on any atom is -0.409 e. The van der Waals surface area contributed by atoms with Gasteiger partial charge in [-0.3, -0.25) is 0 Å². The van der Waals surface area contributed by atoms with E-state index in [2.05, 4.69) is 31.4 Å². The van der Waals surface area contributed by atoms with Crippen molar-refractivity contribution in [2.75, 3.05) is 0 Å². The van der Waals surface area contributed by atoms with E-state index in [9.17, 15) is 0 Å². The Morgan fingerprint density at radius 3 is 2.85 bits per heavy atom. The van der Waals surface area contributed by atoms with Crippen LogP contribution in [0.3, 0.4) is 0 Å². The Morgan fingerprint density at radius 2 is 2.05 bits per heavy atom. The van der Waals surface area contributed by atoms with E-state index in [1.807, 2.05) is 36.4 Å². The third-order valence-electron chi connectivity index (χ3n) is 2.92. The molecule has 0 radical (unpaired) electrons. The second-order valence-electron chi connectivity index (χ2n) is 4.14.